The van der Waals surface area contributed by atoms with Crippen molar-refractivity contribution in [3.05, 3.63) is 42.1 Å². The monoisotopic (exact) mass is 493 g/mol. The Morgan fingerprint density at radius 1 is 1.21 bits per heavy atom. The maximum atomic E-state index is 12.8. The summed E-state index contributed by atoms with van der Waals surface area (Å²) in [5.41, 5.74) is 3.48. The first-order valence-electron chi connectivity index (χ1n) is 11.4. The normalized spacial score (nSPS) is 21.9. The van der Waals surface area contributed by atoms with Gasteiger partial charge in [-0.2, -0.15) is 18.3 Å². The van der Waals surface area contributed by atoms with E-state index in [-0.39, 0.29) is 18.4 Å². The Bertz CT molecular complexity index is 1260. The lowest BCUT2D eigenvalue weighted by Crippen LogP contribution is -2.19. The number of nitrogens with zero attached hydrogens (tertiary/aromatic N) is 4. The van der Waals surface area contributed by atoms with Gasteiger partial charge in [-0.1, -0.05) is 28.3 Å². The summed E-state index contributed by atoms with van der Waals surface area (Å²) < 4.78 is 48.4. The van der Waals surface area contributed by atoms with E-state index in [2.05, 4.69) is 27.0 Å². The van der Waals surface area contributed by atoms with Gasteiger partial charge < -0.3 is 5.11 Å². The highest BCUT2D eigenvalue weighted by Crippen LogP contribution is 2.37. The molecule has 3 aromatic heterocycles. The summed E-state index contributed by atoms with van der Waals surface area (Å²) in [6.07, 6.45) is 2.95. The SMILES string of the molecule is C=S(C)(=N)c1ccc(-c2cc(C3CCC(O)CC3)n3nc(C[C@@H](C)CC(F)(F)F)ncc23)cn1. The second-order valence-electron chi connectivity index (χ2n) is 9.56. The van der Waals surface area contributed by atoms with Gasteiger partial charge in [-0.3, -0.25) is 4.78 Å². The number of halogens is 3. The standard InChI is InChI=1S/C24H30F3N5OS/c1-15(12-24(25,26)27)10-22-29-14-21-19(17-6-9-23(30-13-17)34(2,3)28)11-20(32(21)31-22)16-4-7-18(33)8-5-16/h6,9,11,13-16,18,28,33H,2,4-5,7-8,10,12H2,1,3H3/t15-,16?,18?,34?/m1/s1. The predicted octanol–water partition coefficient (Wildman–Crippen LogP) is 5.28. The van der Waals surface area contributed by atoms with Crippen molar-refractivity contribution in [2.75, 3.05) is 6.26 Å². The number of pyridine rings is 1. The lowest BCUT2D eigenvalue weighted by molar-refractivity contribution is -0.143. The van der Waals surface area contributed by atoms with Crippen LogP contribution in [0.3, 0.4) is 0 Å². The average molecular weight is 494 g/mol. The molecule has 0 aliphatic heterocycles. The van der Waals surface area contributed by atoms with Gasteiger partial charge in [-0.25, -0.2) is 14.5 Å². The van der Waals surface area contributed by atoms with E-state index in [0.717, 1.165) is 35.2 Å². The van der Waals surface area contributed by atoms with Crippen molar-refractivity contribution in [3.8, 4) is 11.1 Å². The van der Waals surface area contributed by atoms with Crippen molar-refractivity contribution in [1.29, 1.82) is 4.78 Å². The molecule has 1 unspecified atom stereocenters. The minimum Gasteiger partial charge on any atom is -0.393 e. The Morgan fingerprint density at radius 3 is 2.50 bits per heavy atom. The van der Waals surface area contributed by atoms with Crippen molar-refractivity contribution in [3.63, 3.8) is 0 Å². The Morgan fingerprint density at radius 2 is 1.91 bits per heavy atom. The number of rotatable bonds is 6. The molecule has 0 radical (unpaired) electrons. The summed E-state index contributed by atoms with van der Waals surface area (Å²) in [7, 11) is -1.94. The summed E-state index contributed by atoms with van der Waals surface area (Å²) >= 11 is 0. The van der Waals surface area contributed by atoms with Crippen LogP contribution in [0.15, 0.2) is 35.6 Å². The van der Waals surface area contributed by atoms with Crippen molar-refractivity contribution in [1.82, 2.24) is 19.6 Å². The van der Waals surface area contributed by atoms with E-state index in [4.69, 9.17) is 4.78 Å². The van der Waals surface area contributed by atoms with E-state index in [1.54, 1.807) is 25.6 Å². The van der Waals surface area contributed by atoms with Gasteiger partial charge in [0.1, 0.15) is 5.82 Å². The summed E-state index contributed by atoms with van der Waals surface area (Å²) in [6.45, 7) is 1.56. The molecular weight excluding hydrogens is 463 g/mol. The van der Waals surface area contributed by atoms with E-state index in [0.29, 0.717) is 23.7 Å². The Balaban J connectivity index is 1.74. The second-order valence-corrected chi connectivity index (χ2v) is 12.2. The third kappa shape index (κ3) is 5.60. The first-order valence-corrected chi connectivity index (χ1v) is 13.6. The van der Waals surface area contributed by atoms with E-state index >= 15 is 0 Å². The van der Waals surface area contributed by atoms with Crippen LogP contribution in [-0.2, 0) is 15.8 Å². The molecule has 0 amide bonds. The molecule has 1 saturated carbocycles. The van der Waals surface area contributed by atoms with Gasteiger partial charge in [-0.15, -0.1) is 0 Å². The summed E-state index contributed by atoms with van der Waals surface area (Å²) in [4.78, 5) is 8.85. The highest BCUT2D eigenvalue weighted by atomic mass is 32.2. The van der Waals surface area contributed by atoms with Crippen molar-refractivity contribution in [2.45, 2.75) is 68.7 Å². The van der Waals surface area contributed by atoms with Crippen molar-refractivity contribution >= 4 is 20.8 Å². The Hall–Kier alpha value is -2.46. The highest BCUT2D eigenvalue weighted by Gasteiger charge is 2.31. The van der Waals surface area contributed by atoms with Gasteiger partial charge >= 0.3 is 6.18 Å². The molecule has 10 heteroatoms. The number of aromatic nitrogens is 4. The maximum absolute atomic E-state index is 12.8. The van der Waals surface area contributed by atoms with E-state index < -0.39 is 27.9 Å². The van der Waals surface area contributed by atoms with Crippen LogP contribution >= 0.6 is 0 Å². The van der Waals surface area contributed by atoms with Gasteiger partial charge in [0.2, 0.25) is 0 Å². The fraction of sp³-hybridized carbons (Fsp3) is 0.500. The zero-order chi connectivity index (χ0) is 24.7. The Labute approximate surface area is 197 Å². The van der Waals surface area contributed by atoms with Crippen LogP contribution < -0.4 is 0 Å². The molecule has 3 heterocycles. The minimum absolute atomic E-state index is 0.135. The van der Waals surface area contributed by atoms with Crippen LogP contribution in [0, 0.1) is 10.7 Å². The van der Waals surface area contributed by atoms with Crippen LogP contribution in [-0.4, -0.2) is 49.1 Å². The Kier molecular flexibility index (Phi) is 6.74. The van der Waals surface area contributed by atoms with Crippen molar-refractivity contribution in [2.24, 2.45) is 5.92 Å². The minimum atomic E-state index is -4.22. The molecular formula is C24H30F3N5OS. The van der Waals surface area contributed by atoms with E-state index in [1.807, 2.05) is 16.6 Å². The lowest BCUT2D eigenvalue weighted by Gasteiger charge is -2.25. The van der Waals surface area contributed by atoms with E-state index in [1.165, 1.54) is 0 Å². The van der Waals surface area contributed by atoms with Gasteiger partial charge in [0, 0.05) is 41.8 Å². The van der Waals surface area contributed by atoms with Gasteiger partial charge in [-0.05, 0) is 50.0 Å². The molecule has 0 bridgehead atoms. The number of nitrogens with one attached hydrogen (secondary N) is 1. The molecule has 1 aliphatic carbocycles. The zero-order valence-corrected chi connectivity index (χ0v) is 20.2. The zero-order valence-electron chi connectivity index (χ0n) is 19.3. The smallest absolute Gasteiger partial charge is 0.389 e. The topological polar surface area (TPSA) is 87.2 Å². The highest BCUT2D eigenvalue weighted by molar-refractivity contribution is 8.00. The van der Waals surface area contributed by atoms with Crippen LogP contribution in [0.5, 0.6) is 0 Å². The molecule has 1 fully saturated rings. The predicted molar refractivity (Wildman–Crippen MR) is 128 cm³/mol. The third-order valence-corrected chi connectivity index (χ3v) is 7.49. The number of aliphatic hydroxyl groups is 1. The second kappa shape index (κ2) is 9.30. The molecule has 2 atom stereocenters. The molecule has 4 rings (SSSR count). The summed E-state index contributed by atoms with van der Waals surface area (Å²) in [6, 6.07) is 5.79. The van der Waals surface area contributed by atoms with Crippen LogP contribution in [0.25, 0.3) is 16.6 Å². The van der Waals surface area contributed by atoms with Gasteiger partial charge in [0.25, 0.3) is 0 Å². The number of aliphatic hydroxyl groups excluding tert-OH is 1. The van der Waals surface area contributed by atoms with Gasteiger partial charge in [0.05, 0.1) is 22.8 Å². The fourth-order valence-corrected chi connectivity index (χ4v) is 5.27. The summed E-state index contributed by atoms with van der Waals surface area (Å²) in [5, 5.41) is 15.2. The molecule has 0 aromatic carbocycles. The van der Waals surface area contributed by atoms with Crippen molar-refractivity contribution < 1.29 is 18.3 Å². The molecule has 34 heavy (non-hydrogen) atoms. The number of alkyl halides is 3. The molecule has 184 valence electrons. The first-order chi connectivity index (χ1) is 15.9. The van der Waals surface area contributed by atoms with Crippen LogP contribution in [0.1, 0.15) is 56.5 Å². The quantitative estimate of drug-likeness (QED) is 0.458. The number of hydrogen-bond donors (Lipinski definition) is 2. The van der Waals surface area contributed by atoms with Crippen LogP contribution in [0.4, 0.5) is 13.2 Å². The third-order valence-electron chi connectivity index (χ3n) is 6.33. The molecule has 0 saturated heterocycles. The molecule has 6 nitrogen and oxygen atoms in total. The van der Waals surface area contributed by atoms with Gasteiger partial charge in [0.15, 0.2) is 0 Å². The number of hydrogen-bond acceptors (Lipinski definition) is 5. The maximum Gasteiger partial charge on any atom is 0.389 e. The molecule has 2 N–H and O–H groups in total. The molecule has 1 aliphatic rings. The first kappa shape index (κ1) is 24.7. The largest absolute Gasteiger partial charge is 0.393 e. The summed E-state index contributed by atoms with van der Waals surface area (Å²) in [5.74, 6) is 3.83. The van der Waals surface area contributed by atoms with E-state index in [9.17, 15) is 18.3 Å². The fourth-order valence-electron chi connectivity index (χ4n) is 4.62. The van der Waals surface area contributed by atoms with Crippen LogP contribution in [0.2, 0.25) is 0 Å². The lowest BCUT2D eigenvalue weighted by atomic mass is 9.85. The average Bonchev–Trinajstić information content (AvgIpc) is 3.11. The molecule has 3 aromatic rings. The molecule has 0 spiro atoms. The number of fused-ring (bicyclic) bond motifs is 1.